The van der Waals surface area contributed by atoms with Gasteiger partial charge in [-0.05, 0) is 26.0 Å². The smallest absolute Gasteiger partial charge is 0.325 e. The molecule has 0 aliphatic heterocycles. The van der Waals surface area contributed by atoms with Gasteiger partial charge in [0, 0.05) is 18.4 Å². The second-order valence-corrected chi connectivity index (χ2v) is 3.58. The molecule has 2 N–H and O–H groups in total. The number of hydrogen-bond donors (Lipinski definition) is 1. The maximum Gasteiger partial charge on any atom is 0.325 e. The zero-order valence-corrected chi connectivity index (χ0v) is 10.5. The van der Waals surface area contributed by atoms with Crippen LogP contribution in [0.4, 0.5) is 5.69 Å². The number of pyridine rings is 1. The molecule has 1 aromatic rings. The Hall–Kier alpha value is -2.11. The molecule has 0 spiro atoms. The van der Waals surface area contributed by atoms with E-state index in [4.69, 9.17) is 10.5 Å². The molecule has 1 amide bonds. The van der Waals surface area contributed by atoms with E-state index in [9.17, 15) is 9.59 Å². The van der Waals surface area contributed by atoms with E-state index in [0.29, 0.717) is 18.8 Å². The molecule has 98 valence electrons. The summed E-state index contributed by atoms with van der Waals surface area (Å²) >= 11 is 0. The lowest BCUT2D eigenvalue weighted by Crippen LogP contribution is -2.31. The number of likely N-dealkylation sites (N-methyl/N-ethyl adjacent to an activating group) is 1. The molecule has 0 aromatic carbocycles. The van der Waals surface area contributed by atoms with Crippen molar-refractivity contribution < 1.29 is 14.3 Å². The van der Waals surface area contributed by atoms with E-state index in [1.807, 2.05) is 6.92 Å². The van der Waals surface area contributed by atoms with Crippen molar-refractivity contribution in [3.05, 3.63) is 24.0 Å². The van der Waals surface area contributed by atoms with Gasteiger partial charge in [0.15, 0.2) is 0 Å². The molecule has 0 bridgehead atoms. The first-order valence-corrected chi connectivity index (χ1v) is 5.74. The predicted molar refractivity (Wildman–Crippen MR) is 67.3 cm³/mol. The average molecular weight is 251 g/mol. The number of hydrogen-bond acceptors (Lipinski definition) is 5. The molecule has 1 heterocycles. The first-order valence-electron chi connectivity index (χ1n) is 5.74. The van der Waals surface area contributed by atoms with Crippen LogP contribution in [0.5, 0.6) is 0 Å². The monoisotopic (exact) mass is 251 g/mol. The van der Waals surface area contributed by atoms with Gasteiger partial charge in [0.1, 0.15) is 12.2 Å². The fourth-order valence-corrected chi connectivity index (χ4v) is 1.50. The highest BCUT2D eigenvalue weighted by molar-refractivity contribution is 5.91. The molecule has 0 atom stereocenters. The topological polar surface area (TPSA) is 85.5 Å². The lowest BCUT2D eigenvalue weighted by molar-refractivity contribution is -0.141. The Bertz CT molecular complexity index is 434. The van der Waals surface area contributed by atoms with Crippen LogP contribution >= 0.6 is 0 Å². The van der Waals surface area contributed by atoms with Gasteiger partial charge in [0.2, 0.25) is 0 Å². The van der Waals surface area contributed by atoms with E-state index in [2.05, 4.69) is 4.98 Å². The van der Waals surface area contributed by atoms with Crippen LogP contribution in [0.25, 0.3) is 0 Å². The first-order chi connectivity index (χ1) is 8.58. The fourth-order valence-electron chi connectivity index (χ4n) is 1.50. The molecule has 0 saturated carbocycles. The normalized spacial score (nSPS) is 9.89. The summed E-state index contributed by atoms with van der Waals surface area (Å²) in [7, 11) is 0. The van der Waals surface area contributed by atoms with Crippen LogP contribution in [0.15, 0.2) is 18.3 Å². The summed E-state index contributed by atoms with van der Waals surface area (Å²) < 4.78 is 4.89. The summed E-state index contributed by atoms with van der Waals surface area (Å²) in [5.41, 5.74) is 6.05. The maximum atomic E-state index is 11.4. The molecule has 6 nitrogen and oxygen atoms in total. The minimum atomic E-state index is -0.593. The van der Waals surface area contributed by atoms with Crippen molar-refractivity contribution in [3.8, 4) is 0 Å². The number of carbonyl (C=O) groups excluding carboxylic acids is 2. The number of rotatable bonds is 6. The fraction of sp³-hybridized carbons (Fsp3) is 0.417. The Morgan fingerprint density at radius 3 is 2.72 bits per heavy atom. The largest absolute Gasteiger partial charge is 0.465 e. The van der Waals surface area contributed by atoms with Gasteiger partial charge in [-0.2, -0.15) is 0 Å². The quantitative estimate of drug-likeness (QED) is 0.747. The van der Waals surface area contributed by atoms with Crippen molar-refractivity contribution in [1.82, 2.24) is 4.98 Å². The molecule has 0 aliphatic carbocycles. The number of anilines is 1. The number of amides is 1. The second-order valence-electron chi connectivity index (χ2n) is 3.58. The van der Waals surface area contributed by atoms with Crippen LogP contribution in [-0.2, 0) is 9.53 Å². The number of esters is 1. The Balaban J connectivity index is 2.84. The minimum Gasteiger partial charge on any atom is -0.465 e. The van der Waals surface area contributed by atoms with Gasteiger partial charge in [-0.3, -0.25) is 14.6 Å². The van der Waals surface area contributed by atoms with Crippen LogP contribution in [-0.4, -0.2) is 36.6 Å². The van der Waals surface area contributed by atoms with Gasteiger partial charge in [0.25, 0.3) is 5.91 Å². The van der Waals surface area contributed by atoms with Gasteiger partial charge in [-0.1, -0.05) is 0 Å². The molecule has 18 heavy (non-hydrogen) atoms. The molecule has 0 aliphatic rings. The summed E-state index contributed by atoms with van der Waals surface area (Å²) in [6, 6.07) is 3.28. The molecule has 1 rings (SSSR count). The number of ether oxygens (including phenoxy) is 1. The van der Waals surface area contributed by atoms with Crippen molar-refractivity contribution in [1.29, 1.82) is 0 Å². The average Bonchev–Trinajstić information content (AvgIpc) is 2.36. The number of nitrogens with zero attached hydrogens (tertiary/aromatic N) is 2. The lowest BCUT2D eigenvalue weighted by atomic mass is 10.2. The molecular formula is C12H17N3O3. The Morgan fingerprint density at radius 2 is 2.17 bits per heavy atom. The van der Waals surface area contributed by atoms with Crippen LogP contribution in [0.3, 0.4) is 0 Å². The summed E-state index contributed by atoms with van der Waals surface area (Å²) in [4.78, 5) is 28.1. The second kappa shape index (κ2) is 6.58. The third-order valence-corrected chi connectivity index (χ3v) is 2.37. The molecule has 0 radical (unpaired) electrons. The van der Waals surface area contributed by atoms with Crippen LogP contribution in [0.1, 0.15) is 24.3 Å². The zero-order valence-electron chi connectivity index (χ0n) is 10.5. The number of carbonyl (C=O) groups is 2. The summed E-state index contributed by atoms with van der Waals surface area (Å²) in [6.45, 7) is 4.75. The van der Waals surface area contributed by atoms with Crippen LogP contribution < -0.4 is 10.6 Å². The van der Waals surface area contributed by atoms with Gasteiger partial charge >= 0.3 is 5.97 Å². The summed E-state index contributed by atoms with van der Waals surface area (Å²) in [6.07, 6.45) is 1.49. The number of primary amides is 1. The predicted octanol–water partition coefficient (Wildman–Crippen LogP) is 0.570. The van der Waals surface area contributed by atoms with E-state index in [0.717, 1.165) is 0 Å². The Kier molecular flexibility index (Phi) is 5.10. The van der Waals surface area contributed by atoms with E-state index in [-0.39, 0.29) is 18.2 Å². The van der Waals surface area contributed by atoms with Gasteiger partial charge in [-0.15, -0.1) is 0 Å². The Labute approximate surface area is 106 Å². The van der Waals surface area contributed by atoms with Crippen molar-refractivity contribution in [2.24, 2.45) is 5.73 Å². The van der Waals surface area contributed by atoms with Crippen molar-refractivity contribution in [2.45, 2.75) is 13.8 Å². The summed E-state index contributed by atoms with van der Waals surface area (Å²) in [5.74, 6) is -0.902. The molecule has 0 unspecified atom stereocenters. The van der Waals surface area contributed by atoms with Crippen molar-refractivity contribution in [2.75, 3.05) is 24.6 Å². The van der Waals surface area contributed by atoms with Gasteiger partial charge in [0.05, 0.1) is 6.61 Å². The standard InChI is InChI=1S/C12H17N3O3/c1-3-15(8-11(16)18-4-2)9-5-6-14-10(7-9)12(13)17/h5-7H,3-4,8H2,1-2H3,(H2,13,17). The first kappa shape index (κ1) is 14.0. The number of aromatic nitrogens is 1. The number of nitrogens with two attached hydrogens (primary N) is 1. The van der Waals surface area contributed by atoms with Crippen LogP contribution in [0.2, 0.25) is 0 Å². The zero-order chi connectivity index (χ0) is 13.5. The van der Waals surface area contributed by atoms with Gasteiger partial charge in [-0.25, -0.2) is 0 Å². The SMILES string of the molecule is CCOC(=O)CN(CC)c1ccnc(C(N)=O)c1. The highest BCUT2D eigenvalue weighted by Crippen LogP contribution is 2.14. The molecule has 6 heteroatoms. The van der Waals surface area contributed by atoms with Crippen molar-refractivity contribution >= 4 is 17.6 Å². The molecule has 1 aromatic heterocycles. The third-order valence-electron chi connectivity index (χ3n) is 2.37. The Morgan fingerprint density at radius 1 is 1.44 bits per heavy atom. The van der Waals surface area contributed by atoms with E-state index in [1.54, 1.807) is 24.0 Å². The highest BCUT2D eigenvalue weighted by Gasteiger charge is 2.12. The highest BCUT2D eigenvalue weighted by atomic mass is 16.5. The molecule has 0 fully saturated rings. The minimum absolute atomic E-state index is 0.132. The molecular weight excluding hydrogens is 234 g/mol. The third kappa shape index (κ3) is 3.73. The molecule has 0 saturated heterocycles. The maximum absolute atomic E-state index is 11.4. The van der Waals surface area contributed by atoms with Crippen LogP contribution in [0, 0.1) is 0 Å². The van der Waals surface area contributed by atoms with E-state index >= 15 is 0 Å². The van der Waals surface area contributed by atoms with E-state index < -0.39 is 5.91 Å². The lowest BCUT2D eigenvalue weighted by Gasteiger charge is -2.21. The summed E-state index contributed by atoms with van der Waals surface area (Å²) in [5, 5.41) is 0. The van der Waals surface area contributed by atoms with Crippen molar-refractivity contribution in [3.63, 3.8) is 0 Å². The van der Waals surface area contributed by atoms with E-state index in [1.165, 1.54) is 6.20 Å². The van der Waals surface area contributed by atoms with Gasteiger partial charge < -0.3 is 15.4 Å².